The van der Waals surface area contributed by atoms with Gasteiger partial charge >= 0.3 is 0 Å². The van der Waals surface area contributed by atoms with Gasteiger partial charge in [-0.3, -0.25) is 4.79 Å². The predicted molar refractivity (Wildman–Crippen MR) is 64.9 cm³/mol. The van der Waals surface area contributed by atoms with E-state index < -0.39 is 0 Å². The number of nitrogens with zero attached hydrogens (tertiary/aromatic N) is 1. The SMILES string of the molecule is CCC1(C(=O)N2CCC(CN)CC2)CCC1. The largest absolute Gasteiger partial charge is 0.342 e. The second-order valence-corrected chi connectivity index (χ2v) is 5.46. The van der Waals surface area contributed by atoms with Crippen LogP contribution in [-0.4, -0.2) is 30.4 Å². The highest BCUT2D eigenvalue weighted by Gasteiger charge is 2.44. The van der Waals surface area contributed by atoms with Gasteiger partial charge in [-0.25, -0.2) is 0 Å². The van der Waals surface area contributed by atoms with E-state index >= 15 is 0 Å². The summed E-state index contributed by atoms with van der Waals surface area (Å²) in [6, 6.07) is 0. The van der Waals surface area contributed by atoms with Crippen LogP contribution >= 0.6 is 0 Å². The van der Waals surface area contributed by atoms with Crippen molar-refractivity contribution in [2.75, 3.05) is 19.6 Å². The number of carbonyl (C=O) groups excluding carboxylic acids is 1. The van der Waals surface area contributed by atoms with Crippen LogP contribution in [-0.2, 0) is 4.79 Å². The average Bonchev–Trinajstić information content (AvgIpc) is 2.28. The first kappa shape index (κ1) is 11.9. The second kappa shape index (κ2) is 4.74. The molecule has 2 rings (SSSR count). The minimum absolute atomic E-state index is 0.0234. The first-order valence-corrected chi connectivity index (χ1v) is 6.71. The Morgan fingerprint density at radius 1 is 1.38 bits per heavy atom. The first-order valence-electron chi connectivity index (χ1n) is 6.71. The average molecular weight is 224 g/mol. The van der Waals surface area contributed by atoms with Gasteiger partial charge in [0, 0.05) is 18.5 Å². The normalized spacial score (nSPS) is 25.2. The summed E-state index contributed by atoms with van der Waals surface area (Å²) >= 11 is 0. The summed E-state index contributed by atoms with van der Waals surface area (Å²) in [6.07, 6.45) is 6.67. The lowest BCUT2D eigenvalue weighted by atomic mass is 9.66. The molecular weight excluding hydrogens is 200 g/mol. The topological polar surface area (TPSA) is 46.3 Å². The van der Waals surface area contributed by atoms with E-state index in [4.69, 9.17) is 5.73 Å². The van der Waals surface area contributed by atoms with Crippen molar-refractivity contribution in [1.29, 1.82) is 0 Å². The summed E-state index contributed by atoms with van der Waals surface area (Å²) in [4.78, 5) is 14.5. The standard InChI is InChI=1S/C13H24N2O/c1-2-13(6-3-7-13)12(16)15-8-4-11(10-14)5-9-15/h11H,2-10,14H2,1H3. The molecule has 1 saturated carbocycles. The van der Waals surface area contributed by atoms with Crippen LogP contribution in [0.1, 0.15) is 45.4 Å². The number of hydrogen-bond donors (Lipinski definition) is 1. The van der Waals surface area contributed by atoms with Crippen molar-refractivity contribution in [1.82, 2.24) is 4.90 Å². The minimum Gasteiger partial charge on any atom is -0.342 e. The highest BCUT2D eigenvalue weighted by Crippen LogP contribution is 2.45. The van der Waals surface area contributed by atoms with Gasteiger partial charge in [0.25, 0.3) is 0 Å². The number of amides is 1. The van der Waals surface area contributed by atoms with Crippen LogP contribution in [0.3, 0.4) is 0 Å². The number of piperidine rings is 1. The highest BCUT2D eigenvalue weighted by atomic mass is 16.2. The summed E-state index contributed by atoms with van der Waals surface area (Å²) in [5, 5.41) is 0. The molecule has 1 saturated heterocycles. The lowest BCUT2D eigenvalue weighted by Crippen LogP contribution is -2.50. The zero-order valence-electron chi connectivity index (χ0n) is 10.4. The molecule has 1 amide bonds. The summed E-state index contributed by atoms with van der Waals surface area (Å²) in [6.45, 7) is 4.80. The van der Waals surface area contributed by atoms with Crippen molar-refractivity contribution < 1.29 is 4.79 Å². The van der Waals surface area contributed by atoms with Crippen molar-refractivity contribution in [3.05, 3.63) is 0 Å². The maximum Gasteiger partial charge on any atom is 0.228 e. The van der Waals surface area contributed by atoms with Crippen LogP contribution in [0, 0.1) is 11.3 Å². The summed E-state index contributed by atoms with van der Waals surface area (Å²) in [7, 11) is 0. The van der Waals surface area contributed by atoms with E-state index in [2.05, 4.69) is 11.8 Å². The van der Waals surface area contributed by atoms with E-state index in [0.717, 1.165) is 51.7 Å². The van der Waals surface area contributed by atoms with Crippen molar-refractivity contribution in [2.24, 2.45) is 17.1 Å². The number of rotatable bonds is 3. The molecule has 1 heterocycles. The Morgan fingerprint density at radius 2 is 2.00 bits per heavy atom. The molecule has 3 nitrogen and oxygen atoms in total. The lowest BCUT2D eigenvalue weighted by Gasteiger charge is -2.44. The molecule has 2 N–H and O–H groups in total. The fourth-order valence-corrected chi connectivity index (χ4v) is 3.03. The zero-order valence-corrected chi connectivity index (χ0v) is 10.4. The Balaban J connectivity index is 1.91. The Bertz CT molecular complexity index is 247. The second-order valence-electron chi connectivity index (χ2n) is 5.46. The maximum absolute atomic E-state index is 12.4. The zero-order chi connectivity index (χ0) is 11.6. The van der Waals surface area contributed by atoms with E-state index in [9.17, 15) is 4.79 Å². The summed E-state index contributed by atoms with van der Waals surface area (Å²) in [5.41, 5.74) is 5.69. The molecule has 0 atom stereocenters. The third-order valence-corrected chi connectivity index (χ3v) is 4.68. The minimum atomic E-state index is 0.0234. The quantitative estimate of drug-likeness (QED) is 0.794. The number of nitrogens with two attached hydrogens (primary N) is 1. The Labute approximate surface area is 98.4 Å². The van der Waals surface area contributed by atoms with Gasteiger partial charge in [0.05, 0.1) is 0 Å². The van der Waals surface area contributed by atoms with Crippen LogP contribution in [0.5, 0.6) is 0 Å². The predicted octanol–water partition coefficient (Wildman–Crippen LogP) is 1.76. The molecule has 0 aromatic heterocycles. The van der Waals surface area contributed by atoms with Gasteiger partial charge in [-0.2, -0.15) is 0 Å². The van der Waals surface area contributed by atoms with E-state index in [0.29, 0.717) is 11.8 Å². The summed E-state index contributed by atoms with van der Waals surface area (Å²) in [5.74, 6) is 1.07. The monoisotopic (exact) mass is 224 g/mol. The number of likely N-dealkylation sites (tertiary alicyclic amines) is 1. The third-order valence-electron chi connectivity index (χ3n) is 4.68. The molecule has 2 aliphatic rings. The fourth-order valence-electron chi connectivity index (χ4n) is 3.03. The van der Waals surface area contributed by atoms with Crippen LogP contribution in [0.25, 0.3) is 0 Å². The van der Waals surface area contributed by atoms with Crippen LogP contribution in [0.15, 0.2) is 0 Å². The molecule has 0 bridgehead atoms. The molecular formula is C13H24N2O. The van der Waals surface area contributed by atoms with Crippen LogP contribution in [0.4, 0.5) is 0 Å². The maximum atomic E-state index is 12.4. The molecule has 92 valence electrons. The highest BCUT2D eigenvalue weighted by molar-refractivity contribution is 5.83. The molecule has 2 fully saturated rings. The van der Waals surface area contributed by atoms with Crippen LogP contribution < -0.4 is 5.73 Å². The van der Waals surface area contributed by atoms with Crippen LogP contribution in [0.2, 0.25) is 0 Å². The van der Waals surface area contributed by atoms with Gasteiger partial charge < -0.3 is 10.6 Å². The Kier molecular flexibility index (Phi) is 3.53. The first-order chi connectivity index (χ1) is 7.72. The van der Waals surface area contributed by atoms with Crippen molar-refractivity contribution in [2.45, 2.75) is 45.4 Å². The fraction of sp³-hybridized carbons (Fsp3) is 0.923. The third kappa shape index (κ3) is 1.97. The molecule has 0 aromatic carbocycles. The molecule has 0 unspecified atom stereocenters. The van der Waals surface area contributed by atoms with Gasteiger partial charge in [0.2, 0.25) is 5.91 Å². The lowest BCUT2D eigenvalue weighted by molar-refractivity contribution is -0.149. The molecule has 3 heteroatoms. The number of hydrogen-bond acceptors (Lipinski definition) is 2. The molecule has 0 aromatic rings. The van der Waals surface area contributed by atoms with E-state index in [-0.39, 0.29) is 5.41 Å². The summed E-state index contributed by atoms with van der Waals surface area (Å²) < 4.78 is 0. The van der Waals surface area contributed by atoms with Gasteiger partial charge in [-0.1, -0.05) is 13.3 Å². The van der Waals surface area contributed by atoms with E-state index in [1.165, 1.54) is 6.42 Å². The van der Waals surface area contributed by atoms with Gasteiger partial charge in [-0.15, -0.1) is 0 Å². The molecule has 0 spiro atoms. The molecule has 16 heavy (non-hydrogen) atoms. The smallest absolute Gasteiger partial charge is 0.228 e. The van der Waals surface area contributed by atoms with Crippen molar-refractivity contribution in [3.63, 3.8) is 0 Å². The van der Waals surface area contributed by atoms with Crippen molar-refractivity contribution >= 4 is 5.91 Å². The van der Waals surface area contributed by atoms with E-state index in [1.807, 2.05) is 0 Å². The molecule has 1 aliphatic heterocycles. The Hall–Kier alpha value is -0.570. The van der Waals surface area contributed by atoms with Gasteiger partial charge in [0.15, 0.2) is 0 Å². The van der Waals surface area contributed by atoms with Gasteiger partial charge in [-0.05, 0) is 44.6 Å². The van der Waals surface area contributed by atoms with Gasteiger partial charge in [0.1, 0.15) is 0 Å². The number of carbonyl (C=O) groups is 1. The Morgan fingerprint density at radius 3 is 2.38 bits per heavy atom. The molecule has 1 aliphatic carbocycles. The molecule has 0 radical (unpaired) electrons. The van der Waals surface area contributed by atoms with Crippen molar-refractivity contribution in [3.8, 4) is 0 Å². The van der Waals surface area contributed by atoms with E-state index in [1.54, 1.807) is 0 Å².